The van der Waals surface area contributed by atoms with Crippen molar-refractivity contribution in [3.63, 3.8) is 0 Å². The number of aromatic nitrogens is 2. The molecule has 2 rings (SSSR count). The molecule has 0 bridgehead atoms. The van der Waals surface area contributed by atoms with Crippen LogP contribution in [0.1, 0.15) is 5.69 Å². The summed E-state index contributed by atoms with van der Waals surface area (Å²) in [5.41, 5.74) is 1.52. The Morgan fingerprint density at radius 3 is 2.86 bits per heavy atom. The predicted molar refractivity (Wildman–Crippen MR) is 51.3 cm³/mol. The molecule has 0 spiro atoms. The molecule has 2 N–H and O–H groups in total. The van der Waals surface area contributed by atoms with Crippen LogP contribution in [-0.4, -0.2) is 17.8 Å². The Labute approximate surface area is 81.2 Å². The van der Waals surface area contributed by atoms with Gasteiger partial charge in [-0.1, -0.05) is 0 Å². The Morgan fingerprint density at radius 1 is 1.50 bits per heavy atom. The van der Waals surface area contributed by atoms with E-state index in [0.717, 1.165) is 11.2 Å². The summed E-state index contributed by atoms with van der Waals surface area (Å²) in [7, 11) is -3.63. The van der Waals surface area contributed by atoms with E-state index in [-0.39, 0.29) is 4.90 Å². The zero-order valence-corrected chi connectivity index (χ0v) is 8.32. The molecule has 2 heterocycles. The van der Waals surface area contributed by atoms with Gasteiger partial charge in [0.05, 0.1) is 22.4 Å². The van der Waals surface area contributed by atoms with Crippen LogP contribution in [0.5, 0.6) is 0 Å². The minimum absolute atomic E-state index is 0.105. The number of aryl methyl sites for hydroxylation is 1. The molecule has 5 nitrogen and oxygen atoms in total. The number of imidazole rings is 1. The molecule has 0 aliphatic rings. The van der Waals surface area contributed by atoms with Crippen LogP contribution in [0.15, 0.2) is 29.6 Å². The summed E-state index contributed by atoms with van der Waals surface area (Å²) in [5, 5.41) is 5.01. The first-order valence-electron chi connectivity index (χ1n) is 3.94. The maximum absolute atomic E-state index is 11.1. The molecule has 0 saturated carbocycles. The van der Waals surface area contributed by atoms with Crippen molar-refractivity contribution in [3.8, 4) is 0 Å². The topological polar surface area (TPSA) is 77.5 Å². The molecule has 0 atom stereocenters. The van der Waals surface area contributed by atoms with Gasteiger partial charge in [-0.05, 0) is 19.1 Å². The number of nitrogens with two attached hydrogens (primary N) is 1. The molecule has 0 aromatic carbocycles. The van der Waals surface area contributed by atoms with E-state index < -0.39 is 10.0 Å². The summed E-state index contributed by atoms with van der Waals surface area (Å²) in [6, 6.07) is 2.96. The van der Waals surface area contributed by atoms with Gasteiger partial charge in [0.1, 0.15) is 0 Å². The number of hydrogen-bond acceptors (Lipinski definition) is 3. The Hall–Kier alpha value is -1.40. The third kappa shape index (κ3) is 1.38. The Kier molecular flexibility index (Phi) is 1.83. The average molecular weight is 211 g/mol. The van der Waals surface area contributed by atoms with Crippen molar-refractivity contribution >= 4 is 15.5 Å². The van der Waals surface area contributed by atoms with E-state index in [1.807, 2.05) is 6.92 Å². The number of primary sulfonamides is 1. The van der Waals surface area contributed by atoms with Crippen molar-refractivity contribution in [3.05, 3.63) is 30.4 Å². The van der Waals surface area contributed by atoms with Crippen LogP contribution in [0.2, 0.25) is 0 Å². The SMILES string of the molecule is Cc1ncn2ccc(S(N)(=O)=O)cc12. The highest BCUT2D eigenvalue weighted by Crippen LogP contribution is 2.13. The van der Waals surface area contributed by atoms with Crippen molar-refractivity contribution in [2.45, 2.75) is 11.8 Å². The van der Waals surface area contributed by atoms with Crippen LogP contribution >= 0.6 is 0 Å². The van der Waals surface area contributed by atoms with Gasteiger partial charge in [0.25, 0.3) is 0 Å². The van der Waals surface area contributed by atoms with Gasteiger partial charge in [-0.15, -0.1) is 0 Å². The lowest BCUT2D eigenvalue weighted by molar-refractivity contribution is 0.597. The van der Waals surface area contributed by atoms with Gasteiger partial charge in [0.15, 0.2) is 0 Å². The molecule has 0 unspecified atom stereocenters. The monoisotopic (exact) mass is 211 g/mol. The molecule has 14 heavy (non-hydrogen) atoms. The lowest BCUT2D eigenvalue weighted by Crippen LogP contribution is -2.12. The summed E-state index contributed by atoms with van der Waals surface area (Å²) >= 11 is 0. The zero-order chi connectivity index (χ0) is 10.3. The number of pyridine rings is 1. The first kappa shape index (κ1) is 9.17. The van der Waals surface area contributed by atoms with Crippen LogP contribution in [0.3, 0.4) is 0 Å². The minimum Gasteiger partial charge on any atom is -0.306 e. The lowest BCUT2D eigenvalue weighted by Gasteiger charge is -1.99. The fraction of sp³-hybridized carbons (Fsp3) is 0.125. The average Bonchev–Trinajstić information content (AvgIpc) is 2.46. The van der Waals surface area contributed by atoms with Crippen LogP contribution in [-0.2, 0) is 10.0 Å². The molecule has 2 aromatic rings. The molecule has 0 radical (unpaired) electrons. The molecular weight excluding hydrogens is 202 g/mol. The number of nitrogens with zero attached hydrogens (tertiary/aromatic N) is 2. The van der Waals surface area contributed by atoms with E-state index in [0.29, 0.717) is 0 Å². The maximum Gasteiger partial charge on any atom is 0.238 e. The summed E-state index contributed by atoms with van der Waals surface area (Å²) < 4.78 is 23.9. The smallest absolute Gasteiger partial charge is 0.238 e. The number of hydrogen-bond donors (Lipinski definition) is 1. The Balaban J connectivity index is 2.79. The fourth-order valence-electron chi connectivity index (χ4n) is 1.28. The summed E-state index contributed by atoms with van der Waals surface area (Å²) in [5.74, 6) is 0. The summed E-state index contributed by atoms with van der Waals surface area (Å²) in [6.07, 6.45) is 3.24. The fourth-order valence-corrected chi connectivity index (χ4v) is 1.80. The van der Waals surface area contributed by atoms with Crippen molar-refractivity contribution in [1.82, 2.24) is 9.38 Å². The molecule has 0 amide bonds. The van der Waals surface area contributed by atoms with Crippen LogP contribution in [0.25, 0.3) is 5.52 Å². The van der Waals surface area contributed by atoms with E-state index in [1.165, 1.54) is 12.1 Å². The predicted octanol–water partition coefficient (Wildman–Crippen LogP) is 0.290. The highest BCUT2D eigenvalue weighted by molar-refractivity contribution is 7.89. The van der Waals surface area contributed by atoms with Crippen molar-refractivity contribution in [2.24, 2.45) is 5.14 Å². The molecule has 0 fully saturated rings. The lowest BCUT2D eigenvalue weighted by atomic mass is 10.3. The maximum atomic E-state index is 11.1. The Morgan fingerprint density at radius 2 is 2.21 bits per heavy atom. The second-order valence-electron chi connectivity index (χ2n) is 3.03. The van der Waals surface area contributed by atoms with Gasteiger partial charge in [-0.25, -0.2) is 18.5 Å². The van der Waals surface area contributed by atoms with Crippen LogP contribution in [0.4, 0.5) is 0 Å². The molecular formula is C8H9N3O2S. The molecule has 0 aliphatic carbocycles. The summed E-state index contributed by atoms with van der Waals surface area (Å²) in [4.78, 5) is 4.15. The third-order valence-electron chi connectivity index (χ3n) is 2.03. The van der Waals surface area contributed by atoms with E-state index >= 15 is 0 Å². The molecule has 2 aromatic heterocycles. The van der Waals surface area contributed by atoms with Crippen molar-refractivity contribution in [1.29, 1.82) is 0 Å². The standard InChI is InChI=1S/C8H9N3O2S/c1-6-8-4-7(14(9,12)13)2-3-11(8)5-10-6/h2-5H,1H3,(H2,9,12,13). The van der Waals surface area contributed by atoms with Crippen LogP contribution < -0.4 is 5.14 Å². The van der Waals surface area contributed by atoms with Gasteiger partial charge in [-0.2, -0.15) is 0 Å². The molecule has 74 valence electrons. The van der Waals surface area contributed by atoms with E-state index in [1.54, 1.807) is 16.9 Å². The van der Waals surface area contributed by atoms with Crippen molar-refractivity contribution in [2.75, 3.05) is 0 Å². The molecule has 0 aliphatic heterocycles. The van der Waals surface area contributed by atoms with E-state index in [4.69, 9.17) is 5.14 Å². The number of sulfonamides is 1. The van der Waals surface area contributed by atoms with Crippen molar-refractivity contribution < 1.29 is 8.42 Å². The van der Waals surface area contributed by atoms with E-state index in [9.17, 15) is 8.42 Å². The quantitative estimate of drug-likeness (QED) is 0.736. The van der Waals surface area contributed by atoms with Gasteiger partial charge in [-0.3, -0.25) is 0 Å². The van der Waals surface area contributed by atoms with Gasteiger partial charge < -0.3 is 4.40 Å². The second kappa shape index (κ2) is 2.79. The van der Waals surface area contributed by atoms with Gasteiger partial charge in [0.2, 0.25) is 10.0 Å². The normalized spacial score (nSPS) is 12.1. The molecule has 6 heteroatoms. The largest absolute Gasteiger partial charge is 0.306 e. The third-order valence-corrected chi connectivity index (χ3v) is 2.94. The highest BCUT2D eigenvalue weighted by atomic mass is 32.2. The first-order chi connectivity index (χ1) is 6.48. The van der Waals surface area contributed by atoms with E-state index in [2.05, 4.69) is 4.98 Å². The van der Waals surface area contributed by atoms with Crippen LogP contribution in [0, 0.1) is 6.92 Å². The van der Waals surface area contributed by atoms with Gasteiger partial charge >= 0.3 is 0 Å². The summed E-state index contributed by atoms with van der Waals surface area (Å²) in [6.45, 7) is 1.81. The second-order valence-corrected chi connectivity index (χ2v) is 4.59. The number of rotatable bonds is 1. The van der Waals surface area contributed by atoms with Gasteiger partial charge in [0, 0.05) is 6.20 Å². The first-order valence-corrected chi connectivity index (χ1v) is 5.49. The molecule has 0 saturated heterocycles. The Bertz CT molecular complexity index is 586. The highest BCUT2D eigenvalue weighted by Gasteiger charge is 2.09. The zero-order valence-electron chi connectivity index (χ0n) is 7.51. The number of fused-ring (bicyclic) bond motifs is 1. The minimum atomic E-state index is -3.63.